The molecule has 0 saturated heterocycles. The van der Waals surface area contributed by atoms with E-state index in [2.05, 4.69) is 183 Å². The van der Waals surface area contributed by atoms with Gasteiger partial charge in [0, 0.05) is 42.6 Å². The van der Waals surface area contributed by atoms with Crippen LogP contribution in [0.1, 0.15) is 25.0 Å². The fourth-order valence-electron chi connectivity index (χ4n) is 7.46. The molecule has 7 aromatic carbocycles. The maximum Gasteiger partial charge on any atom is 0.0465 e. The molecular formula is C45H33NS. The monoisotopic (exact) mass is 619 g/mol. The third-order valence-electron chi connectivity index (χ3n) is 9.88. The zero-order valence-electron chi connectivity index (χ0n) is 26.4. The fraction of sp³-hybridized carbons (Fsp3) is 0.0667. The van der Waals surface area contributed by atoms with Crippen LogP contribution >= 0.6 is 11.3 Å². The van der Waals surface area contributed by atoms with E-state index < -0.39 is 0 Å². The van der Waals surface area contributed by atoms with Gasteiger partial charge in [0.2, 0.25) is 0 Å². The van der Waals surface area contributed by atoms with Crippen LogP contribution in [0.5, 0.6) is 0 Å². The number of rotatable bonds is 5. The molecule has 8 aromatic rings. The van der Waals surface area contributed by atoms with E-state index in [0.29, 0.717) is 0 Å². The standard InChI is InChI=1S/C45H33NS/c1-45(2)41-28-32(30-12-5-3-6-13-30)22-26-37(41)38-27-25-35(29-42(38)45)46(33-14-7-4-8-15-33)34-23-20-31(21-24-34)36-17-11-18-40-39-16-9-10-19-43(39)47-44(36)40/h3-29H,1-2H3. The van der Waals surface area contributed by atoms with Crippen molar-refractivity contribution < 1.29 is 0 Å². The Morgan fingerprint density at radius 1 is 0.426 bits per heavy atom. The Bertz CT molecular complexity index is 2420. The molecule has 0 fully saturated rings. The number of thiophene rings is 1. The lowest BCUT2D eigenvalue weighted by molar-refractivity contribution is 0.660. The van der Waals surface area contributed by atoms with E-state index in [4.69, 9.17) is 0 Å². The lowest BCUT2D eigenvalue weighted by atomic mass is 9.81. The molecule has 0 unspecified atom stereocenters. The molecule has 0 bridgehead atoms. The third kappa shape index (κ3) is 4.52. The minimum atomic E-state index is -0.124. The van der Waals surface area contributed by atoms with Gasteiger partial charge in [-0.3, -0.25) is 0 Å². The molecule has 0 N–H and O–H groups in total. The maximum atomic E-state index is 2.41. The highest BCUT2D eigenvalue weighted by atomic mass is 32.1. The van der Waals surface area contributed by atoms with Crippen LogP contribution in [-0.4, -0.2) is 0 Å². The van der Waals surface area contributed by atoms with E-state index in [0.717, 1.165) is 11.4 Å². The van der Waals surface area contributed by atoms with Crippen molar-refractivity contribution in [1.82, 2.24) is 0 Å². The number of hydrogen-bond acceptors (Lipinski definition) is 2. The highest BCUT2D eigenvalue weighted by Gasteiger charge is 2.36. The molecular weight excluding hydrogens is 587 g/mol. The summed E-state index contributed by atoms with van der Waals surface area (Å²) >= 11 is 1.88. The summed E-state index contributed by atoms with van der Waals surface area (Å²) in [5.74, 6) is 0. The smallest absolute Gasteiger partial charge is 0.0465 e. The average Bonchev–Trinajstić information content (AvgIpc) is 3.61. The van der Waals surface area contributed by atoms with Crippen molar-refractivity contribution in [2.75, 3.05) is 4.90 Å². The van der Waals surface area contributed by atoms with E-state index in [1.165, 1.54) is 70.4 Å². The molecule has 0 spiro atoms. The number of fused-ring (bicyclic) bond motifs is 6. The van der Waals surface area contributed by atoms with E-state index in [1.807, 2.05) is 11.3 Å². The first-order chi connectivity index (χ1) is 23.1. The van der Waals surface area contributed by atoms with Gasteiger partial charge in [-0.25, -0.2) is 0 Å². The molecule has 2 heteroatoms. The summed E-state index contributed by atoms with van der Waals surface area (Å²) in [7, 11) is 0. The molecule has 1 aliphatic carbocycles. The molecule has 1 heterocycles. The van der Waals surface area contributed by atoms with Gasteiger partial charge in [-0.2, -0.15) is 0 Å². The Balaban J connectivity index is 1.13. The number of para-hydroxylation sites is 1. The van der Waals surface area contributed by atoms with Gasteiger partial charge in [-0.1, -0.05) is 129 Å². The molecule has 9 rings (SSSR count). The molecule has 47 heavy (non-hydrogen) atoms. The highest BCUT2D eigenvalue weighted by molar-refractivity contribution is 7.26. The van der Waals surface area contributed by atoms with Crippen LogP contribution in [0.25, 0.3) is 53.6 Å². The fourth-order valence-corrected chi connectivity index (χ4v) is 8.70. The van der Waals surface area contributed by atoms with Crippen LogP contribution in [0.15, 0.2) is 164 Å². The van der Waals surface area contributed by atoms with Gasteiger partial charge in [-0.15, -0.1) is 11.3 Å². The summed E-state index contributed by atoms with van der Waals surface area (Å²) in [6.45, 7) is 4.74. The number of hydrogen-bond donors (Lipinski definition) is 0. The Labute approximate surface area is 280 Å². The molecule has 0 aliphatic heterocycles. The molecule has 0 saturated carbocycles. The van der Waals surface area contributed by atoms with Gasteiger partial charge in [-0.05, 0) is 93.0 Å². The van der Waals surface area contributed by atoms with Gasteiger partial charge < -0.3 is 4.90 Å². The van der Waals surface area contributed by atoms with Crippen molar-refractivity contribution in [2.45, 2.75) is 19.3 Å². The van der Waals surface area contributed by atoms with Crippen LogP contribution in [0.4, 0.5) is 17.1 Å². The van der Waals surface area contributed by atoms with Crippen molar-refractivity contribution in [1.29, 1.82) is 0 Å². The second-order valence-corrected chi connectivity index (χ2v) is 14.0. The summed E-state index contributed by atoms with van der Waals surface area (Å²) in [5.41, 5.74) is 13.8. The summed E-state index contributed by atoms with van der Waals surface area (Å²) < 4.78 is 2.68. The van der Waals surface area contributed by atoms with Crippen LogP contribution in [0.2, 0.25) is 0 Å². The molecule has 224 valence electrons. The first kappa shape index (κ1) is 27.8. The lowest BCUT2D eigenvalue weighted by Crippen LogP contribution is -2.16. The van der Waals surface area contributed by atoms with Gasteiger partial charge in [0.1, 0.15) is 0 Å². The minimum absolute atomic E-state index is 0.124. The predicted molar refractivity (Wildman–Crippen MR) is 202 cm³/mol. The normalized spacial score (nSPS) is 13.1. The SMILES string of the molecule is CC1(C)c2cc(-c3ccccc3)ccc2-c2ccc(N(c3ccccc3)c3ccc(-c4cccc5c4sc4ccccc45)cc3)cc21. The highest BCUT2D eigenvalue weighted by Crippen LogP contribution is 2.51. The van der Waals surface area contributed by atoms with Crippen molar-refractivity contribution in [2.24, 2.45) is 0 Å². The van der Waals surface area contributed by atoms with Crippen LogP contribution in [-0.2, 0) is 5.41 Å². The second-order valence-electron chi connectivity index (χ2n) is 13.0. The molecule has 0 radical (unpaired) electrons. The zero-order valence-corrected chi connectivity index (χ0v) is 27.3. The summed E-state index contributed by atoms with van der Waals surface area (Å²) in [5, 5.41) is 2.66. The summed E-state index contributed by atoms with van der Waals surface area (Å²) in [4.78, 5) is 2.39. The first-order valence-electron chi connectivity index (χ1n) is 16.3. The van der Waals surface area contributed by atoms with Gasteiger partial charge in [0.05, 0.1) is 0 Å². The summed E-state index contributed by atoms with van der Waals surface area (Å²) in [6.07, 6.45) is 0. The van der Waals surface area contributed by atoms with Crippen LogP contribution in [0, 0.1) is 0 Å². The molecule has 1 aromatic heterocycles. The molecule has 0 amide bonds. The van der Waals surface area contributed by atoms with Crippen molar-refractivity contribution >= 4 is 48.6 Å². The number of anilines is 3. The van der Waals surface area contributed by atoms with E-state index in [9.17, 15) is 0 Å². The Morgan fingerprint density at radius 2 is 1.02 bits per heavy atom. The molecule has 1 aliphatic rings. The Kier molecular flexibility index (Phi) is 6.41. The van der Waals surface area contributed by atoms with Gasteiger partial charge >= 0.3 is 0 Å². The first-order valence-corrected chi connectivity index (χ1v) is 17.1. The van der Waals surface area contributed by atoms with Crippen LogP contribution < -0.4 is 4.90 Å². The Morgan fingerprint density at radius 3 is 1.81 bits per heavy atom. The maximum absolute atomic E-state index is 2.41. The number of benzene rings is 7. The average molecular weight is 620 g/mol. The van der Waals surface area contributed by atoms with Crippen molar-refractivity contribution in [3.63, 3.8) is 0 Å². The van der Waals surface area contributed by atoms with Crippen LogP contribution in [0.3, 0.4) is 0 Å². The Hall–Kier alpha value is -5.44. The number of nitrogens with zero attached hydrogens (tertiary/aromatic N) is 1. The van der Waals surface area contributed by atoms with Gasteiger partial charge in [0.25, 0.3) is 0 Å². The predicted octanol–water partition coefficient (Wildman–Crippen LogP) is 13.2. The molecule has 0 atom stereocenters. The summed E-state index contributed by atoms with van der Waals surface area (Å²) in [6, 6.07) is 60.0. The van der Waals surface area contributed by atoms with E-state index in [1.54, 1.807) is 0 Å². The minimum Gasteiger partial charge on any atom is -0.310 e. The van der Waals surface area contributed by atoms with Gasteiger partial charge in [0.15, 0.2) is 0 Å². The van der Waals surface area contributed by atoms with E-state index in [-0.39, 0.29) is 5.41 Å². The van der Waals surface area contributed by atoms with E-state index >= 15 is 0 Å². The lowest BCUT2D eigenvalue weighted by Gasteiger charge is -2.28. The topological polar surface area (TPSA) is 3.24 Å². The zero-order chi connectivity index (χ0) is 31.5. The quantitative estimate of drug-likeness (QED) is 0.185. The van der Waals surface area contributed by atoms with Crippen molar-refractivity contribution in [3.05, 3.63) is 175 Å². The third-order valence-corrected chi connectivity index (χ3v) is 11.1. The molecule has 1 nitrogen and oxygen atoms in total. The second kappa shape index (κ2) is 10.8. The van der Waals surface area contributed by atoms with Crippen molar-refractivity contribution in [3.8, 4) is 33.4 Å². The largest absolute Gasteiger partial charge is 0.310 e.